The first-order valence-electron chi connectivity index (χ1n) is 11.7. The first kappa shape index (κ1) is 21.4. The SMILES string of the molecule is C=C1/C=C\C(Cl)=C/CC2(c3ccccc3-c3ccccc32)c2ccc3c(c21)Sc1ccccc1S3. The summed E-state index contributed by atoms with van der Waals surface area (Å²) in [5.41, 5.74) is 8.49. The second-order valence-electron chi connectivity index (χ2n) is 9.11. The van der Waals surface area contributed by atoms with Crippen molar-refractivity contribution in [2.24, 2.45) is 0 Å². The molecule has 3 aliphatic rings. The molecule has 1 spiro atoms. The van der Waals surface area contributed by atoms with Gasteiger partial charge in [-0.15, -0.1) is 0 Å². The van der Waals surface area contributed by atoms with Gasteiger partial charge in [-0.25, -0.2) is 0 Å². The van der Waals surface area contributed by atoms with Crippen molar-refractivity contribution in [1.82, 2.24) is 0 Å². The summed E-state index contributed by atoms with van der Waals surface area (Å²) in [7, 11) is 0. The molecule has 1 heterocycles. The predicted molar refractivity (Wildman–Crippen MR) is 150 cm³/mol. The van der Waals surface area contributed by atoms with Gasteiger partial charge in [0, 0.05) is 30.2 Å². The minimum Gasteiger partial charge on any atom is -0.0911 e. The van der Waals surface area contributed by atoms with Gasteiger partial charge >= 0.3 is 0 Å². The van der Waals surface area contributed by atoms with E-state index in [1.165, 1.54) is 53.0 Å². The Kier molecular flexibility index (Phi) is 4.92. The number of benzene rings is 4. The van der Waals surface area contributed by atoms with E-state index < -0.39 is 0 Å². The maximum Gasteiger partial charge on any atom is 0.0505 e. The van der Waals surface area contributed by atoms with Crippen LogP contribution in [0.2, 0.25) is 0 Å². The normalized spacial score (nSPS) is 19.1. The van der Waals surface area contributed by atoms with Crippen molar-refractivity contribution in [2.75, 3.05) is 0 Å². The second-order valence-corrected chi connectivity index (χ2v) is 11.7. The molecule has 0 amide bonds. The van der Waals surface area contributed by atoms with Gasteiger partial charge in [0.05, 0.1) is 5.41 Å². The van der Waals surface area contributed by atoms with Crippen LogP contribution in [0.25, 0.3) is 16.7 Å². The third kappa shape index (κ3) is 3.10. The highest BCUT2D eigenvalue weighted by Gasteiger charge is 2.46. The van der Waals surface area contributed by atoms with Gasteiger partial charge in [-0.2, -0.15) is 0 Å². The number of hydrogen-bond donors (Lipinski definition) is 0. The molecular formula is C32H21ClS2. The zero-order chi connectivity index (χ0) is 23.6. The quantitative estimate of drug-likeness (QED) is 0.206. The van der Waals surface area contributed by atoms with Crippen LogP contribution in [0.3, 0.4) is 0 Å². The van der Waals surface area contributed by atoms with Crippen molar-refractivity contribution < 1.29 is 0 Å². The summed E-state index contributed by atoms with van der Waals surface area (Å²) in [5, 5.41) is 0.751. The molecule has 0 unspecified atom stereocenters. The van der Waals surface area contributed by atoms with Gasteiger partial charge in [0.15, 0.2) is 0 Å². The monoisotopic (exact) mass is 504 g/mol. The summed E-state index contributed by atoms with van der Waals surface area (Å²) in [6.45, 7) is 4.57. The van der Waals surface area contributed by atoms with Crippen molar-refractivity contribution in [2.45, 2.75) is 31.4 Å². The predicted octanol–water partition coefficient (Wildman–Crippen LogP) is 9.71. The lowest BCUT2D eigenvalue weighted by Crippen LogP contribution is -2.28. The van der Waals surface area contributed by atoms with Crippen LogP contribution in [-0.2, 0) is 5.41 Å². The van der Waals surface area contributed by atoms with Crippen LogP contribution in [0.4, 0.5) is 0 Å². The molecule has 1 aliphatic heterocycles. The minimum absolute atomic E-state index is 0.338. The Labute approximate surface area is 219 Å². The van der Waals surface area contributed by atoms with Gasteiger partial charge in [0.25, 0.3) is 0 Å². The zero-order valence-electron chi connectivity index (χ0n) is 18.9. The largest absolute Gasteiger partial charge is 0.0911 e. The molecule has 0 nitrogen and oxygen atoms in total. The van der Waals surface area contributed by atoms with E-state index in [0.29, 0.717) is 0 Å². The van der Waals surface area contributed by atoms with Crippen LogP contribution < -0.4 is 0 Å². The summed E-state index contributed by atoms with van der Waals surface area (Å²) < 4.78 is 0. The fraction of sp³-hybridized carbons (Fsp3) is 0.0625. The van der Waals surface area contributed by atoms with Gasteiger partial charge in [0.2, 0.25) is 0 Å². The van der Waals surface area contributed by atoms with E-state index in [1.807, 2.05) is 29.6 Å². The summed E-state index contributed by atoms with van der Waals surface area (Å²) >= 11 is 10.4. The van der Waals surface area contributed by atoms with E-state index in [1.54, 1.807) is 0 Å². The third-order valence-corrected chi connectivity index (χ3v) is 10.2. The Morgan fingerprint density at radius 1 is 0.657 bits per heavy atom. The van der Waals surface area contributed by atoms with E-state index in [0.717, 1.165) is 17.0 Å². The fourth-order valence-electron chi connectivity index (χ4n) is 5.79. The molecule has 168 valence electrons. The minimum atomic E-state index is -0.338. The molecule has 0 atom stereocenters. The van der Waals surface area contributed by atoms with E-state index >= 15 is 0 Å². The molecule has 0 N–H and O–H groups in total. The zero-order valence-corrected chi connectivity index (χ0v) is 21.3. The second kappa shape index (κ2) is 8.06. The topological polar surface area (TPSA) is 0 Å². The standard InChI is InChI=1S/C32H21ClS2/c1-20-14-15-21(33)18-19-32(24-10-4-2-8-22(24)23-9-3-5-11-25(23)32)26-16-17-29-31(30(20)26)35-28-13-7-6-12-27(28)34-29/h2-18H,1,19H2/b15-14-,21-18+. The van der Waals surface area contributed by atoms with Crippen LogP contribution >= 0.6 is 35.1 Å². The number of fused-ring (bicyclic) bond motifs is 10. The number of hydrogen-bond acceptors (Lipinski definition) is 2. The summed E-state index contributed by atoms with van der Waals surface area (Å²) in [6.07, 6.45) is 7.04. The molecule has 35 heavy (non-hydrogen) atoms. The Bertz CT molecular complexity index is 1560. The average molecular weight is 505 g/mol. The first-order chi connectivity index (χ1) is 17.2. The summed E-state index contributed by atoms with van der Waals surface area (Å²) in [4.78, 5) is 5.19. The lowest BCUT2D eigenvalue weighted by Gasteiger charge is -2.36. The summed E-state index contributed by atoms with van der Waals surface area (Å²) in [6, 6.07) is 31.1. The maximum absolute atomic E-state index is 6.72. The molecule has 3 heteroatoms. The van der Waals surface area contributed by atoms with Gasteiger partial charge in [-0.05, 0) is 64.1 Å². The fourth-order valence-corrected chi connectivity index (χ4v) is 8.36. The van der Waals surface area contributed by atoms with Crippen LogP contribution in [0.5, 0.6) is 0 Å². The van der Waals surface area contributed by atoms with E-state index in [9.17, 15) is 0 Å². The van der Waals surface area contributed by atoms with E-state index in [4.69, 9.17) is 11.6 Å². The molecule has 0 aromatic heterocycles. The molecule has 0 saturated carbocycles. The third-order valence-electron chi connectivity index (χ3n) is 7.29. The molecule has 4 aromatic rings. The van der Waals surface area contributed by atoms with Crippen LogP contribution in [0.15, 0.2) is 134 Å². The molecule has 7 rings (SSSR count). The molecular weight excluding hydrogens is 484 g/mol. The Hall–Kier alpha value is -2.91. The average Bonchev–Trinajstić information content (AvgIpc) is 3.21. The van der Waals surface area contributed by atoms with Crippen molar-refractivity contribution in [3.63, 3.8) is 0 Å². The molecule has 0 fully saturated rings. The van der Waals surface area contributed by atoms with Gasteiger partial charge in [0.1, 0.15) is 0 Å². The molecule has 4 aromatic carbocycles. The lowest BCUT2D eigenvalue weighted by atomic mass is 9.68. The number of allylic oxidation sites excluding steroid dienone is 5. The Morgan fingerprint density at radius 3 is 2.00 bits per heavy atom. The van der Waals surface area contributed by atoms with Crippen LogP contribution in [0.1, 0.15) is 28.7 Å². The van der Waals surface area contributed by atoms with Gasteiger partial charge < -0.3 is 0 Å². The van der Waals surface area contributed by atoms with Gasteiger partial charge in [-0.3, -0.25) is 0 Å². The van der Waals surface area contributed by atoms with E-state index in [2.05, 4.69) is 104 Å². The highest BCUT2D eigenvalue weighted by atomic mass is 35.5. The molecule has 2 aliphatic carbocycles. The molecule has 0 bridgehead atoms. The highest BCUT2D eigenvalue weighted by molar-refractivity contribution is 8.05. The number of rotatable bonds is 0. The maximum atomic E-state index is 6.72. The van der Waals surface area contributed by atoms with E-state index in [-0.39, 0.29) is 5.41 Å². The first-order valence-corrected chi connectivity index (χ1v) is 13.7. The van der Waals surface area contributed by atoms with Gasteiger partial charge in [-0.1, -0.05) is 121 Å². The summed E-state index contributed by atoms with van der Waals surface area (Å²) in [5.74, 6) is 0. The van der Waals surface area contributed by atoms with Crippen molar-refractivity contribution in [3.8, 4) is 11.1 Å². The lowest BCUT2D eigenvalue weighted by molar-refractivity contribution is 0.639. The highest BCUT2D eigenvalue weighted by Crippen LogP contribution is 2.59. The Balaban J connectivity index is 1.59. The Morgan fingerprint density at radius 2 is 1.29 bits per heavy atom. The number of halogens is 1. The van der Waals surface area contributed by atoms with Crippen LogP contribution in [0, 0.1) is 0 Å². The van der Waals surface area contributed by atoms with Crippen molar-refractivity contribution >= 4 is 40.7 Å². The van der Waals surface area contributed by atoms with Crippen molar-refractivity contribution in [3.05, 3.63) is 137 Å². The molecule has 0 saturated heterocycles. The smallest absolute Gasteiger partial charge is 0.0505 e. The van der Waals surface area contributed by atoms with Crippen molar-refractivity contribution in [1.29, 1.82) is 0 Å². The molecule has 0 radical (unpaired) electrons. The van der Waals surface area contributed by atoms with Crippen LogP contribution in [-0.4, -0.2) is 0 Å².